The van der Waals surface area contributed by atoms with Gasteiger partial charge in [0, 0.05) is 6.54 Å². The van der Waals surface area contributed by atoms with E-state index < -0.39 is 5.82 Å². The molecule has 8 heteroatoms. The average molecular weight is 341 g/mol. The van der Waals surface area contributed by atoms with E-state index in [9.17, 15) is 4.39 Å². The van der Waals surface area contributed by atoms with Crippen molar-refractivity contribution in [2.75, 3.05) is 17.7 Å². The molecule has 116 valence electrons. The predicted octanol–water partition coefficient (Wildman–Crippen LogP) is 3.29. The molecule has 2 aliphatic rings. The summed E-state index contributed by atoms with van der Waals surface area (Å²) in [4.78, 5) is 15.2. The highest BCUT2D eigenvalue weighted by atomic mass is 35.5. The van der Waals surface area contributed by atoms with Crippen LogP contribution in [0.2, 0.25) is 5.15 Å². The third-order valence-electron chi connectivity index (χ3n) is 4.27. The topological polar surface area (TPSA) is 51.1 Å². The summed E-state index contributed by atoms with van der Waals surface area (Å²) in [6.45, 7) is 2.88. The normalized spacial score (nSPS) is 23.4. The maximum atomic E-state index is 14.4. The molecule has 1 fully saturated rings. The molecule has 2 aliphatic heterocycles. The molecule has 0 spiro atoms. The standard InChI is InChI=1S/C14H14ClFN4OS/c1-6-7-4-3-5-20(7)12-8-10(17-14(19-12)22-2)9(16)11(15)18-13(8)21-6/h6-7H,3-5H2,1-2H3/t6-,7+/m1/s1. The lowest BCUT2D eigenvalue weighted by Crippen LogP contribution is -2.39. The molecule has 2 atom stereocenters. The van der Waals surface area contributed by atoms with Crippen LogP contribution < -0.4 is 9.64 Å². The van der Waals surface area contributed by atoms with Gasteiger partial charge in [-0.2, -0.15) is 4.98 Å². The van der Waals surface area contributed by atoms with E-state index in [-0.39, 0.29) is 22.8 Å². The van der Waals surface area contributed by atoms with Crippen molar-refractivity contribution in [3.63, 3.8) is 0 Å². The fraction of sp³-hybridized carbons (Fsp3) is 0.500. The van der Waals surface area contributed by atoms with Crippen LogP contribution in [0, 0.1) is 5.82 Å². The Balaban J connectivity index is 2.09. The van der Waals surface area contributed by atoms with Crippen LogP contribution >= 0.6 is 23.4 Å². The Morgan fingerprint density at radius 3 is 2.95 bits per heavy atom. The maximum absolute atomic E-state index is 14.4. The molecular formula is C14H14ClFN4OS. The molecule has 0 saturated carbocycles. The smallest absolute Gasteiger partial charge is 0.228 e. The molecule has 0 aromatic carbocycles. The van der Waals surface area contributed by atoms with E-state index in [1.54, 1.807) is 0 Å². The van der Waals surface area contributed by atoms with Crippen LogP contribution in [0.3, 0.4) is 0 Å². The third-order valence-corrected chi connectivity index (χ3v) is 5.06. The Morgan fingerprint density at radius 1 is 1.36 bits per heavy atom. The van der Waals surface area contributed by atoms with Gasteiger partial charge < -0.3 is 9.64 Å². The predicted molar refractivity (Wildman–Crippen MR) is 84.5 cm³/mol. The van der Waals surface area contributed by atoms with Crippen molar-refractivity contribution >= 4 is 40.1 Å². The SMILES string of the molecule is CSc1nc2c3c(nc(Cl)c(F)c3n1)O[C@H](C)[C@@H]1CCCN21. The van der Waals surface area contributed by atoms with Gasteiger partial charge in [-0.3, -0.25) is 0 Å². The molecular weight excluding hydrogens is 327 g/mol. The van der Waals surface area contributed by atoms with E-state index in [0.29, 0.717) is 22.2 Å². The van der Waals surface area contributed by atoms with Crippen LogP contribution in [0.25, 0.3) is 10.9 Å². The second kappa shape index (κ2) is 5.09. The van der Waals surface area contributed by atoms with Gasteiger partial charge in [-0.15, -0.1) is 0 Å². The highest BCUT2D eigenvalue weighted by Crippen LogP contribution is 2.42. The van der Waals surface area contributed by atoms with Crippen molar-refractivity contribution in [2.24, 2.45) is 0 Å². The molecule has 4 heterocycles. The number of ether oxygens (including phenoxy) is 1. The van der Waals surface area contributed by atoms with Gasteiger partial charge in [0.25, 0.3) is 0 Å². The number of hydrogen-bond donors (Lipinski definition) is 0. The largest absolute Gasteiger partial charge is 0.472 e. The molecule has 0 aliphatic carbocycles. The first kappa shape index (κ1) is 14.3. The van der Waals surface area contributed by atoms with Gasteiger partial charge in [-0.05, 0) is 26.0 Å². The summed E-state index contributed by atoms with van der Waals surface area (Å²) in [5.41, 5.74) is 0.184. The lowest BCUT2D eigenvalue weighted by molar-refractivity contribution is 0.188. The molecule has 2 aromatic heterocycles. The van der Waals surface area contributed by atoms with Crippen LogP contribution in [0.1, 0.15) is 19.8 Å². The first-order valence-electron chi connectivity index (χ1n) is 7.14. The first-order chi connectivity index (χ1) is 10.6. The van der Waals surface area contributed by atoms with Gasteiger partial charge in [-0.25, -0.2) is 14.4 Å². The van der Waals surface area contributed by atoms with Gasteiger partial charge >= 0.3 is 0 Å². The van der Waals surface area contributed by atoms with Crippen molar-refractivity contribution in [1.82, 2.24) is 15.0 Å². The van der Waals surface area contributed by atoms with Gasteiger partial charge in [0.15, 0.2) is 16.1 Å². The summed E-state index contributed by atoms with van der Waals surface area (Å²) in [5.74, 6) is 0.415. The number of fused-ring (bicyclic) bond motifs is 2. The highest BCUT2D eigenvalue weighted by molar-refractivity contribution is 7.98. The number of pyridine rings is 1. The molecule has 1 saturated heterocycles. The minimum atomic E-state index is -0.617. The second-order valence-electron chi connectivity index (χ2n) is 5.51. The quantitative estimate of drug-likeness (QED) is 0.451. The third kappa shape index (κ3) is 1.95. The number of nitrogens with zero attached hydrogens (tertiary/aromatic N) is 4. The molecule has 0 N–H and O–H groups in total. The summed E-state index contributed by atoms with van der Waals surface area (Å²) in [7, 11) is 0. The molecule has 0 bridgehead atoms. The van der Waals surface area contributed by atoms with E-state index in [1.165, 1.54) is 11.8 Å². The Labute approximate surface area is 136 Å². The van der Waals surface area contributed by atoms with Crippen molar-refractivity contribution < 1.29 is 9.13 Å². The van der Waals surface area contributed by atoms with Crippen LogP contribution in [-0.2, 0) is 0 Å². The lowest BCUT2D eigenvalue weighted by Gasteiger charge is -2.27. The van der Waals surface area contributed by atoms with Gasteiger partial charge in [-0.1, -0.05) is 23.4 Å². The van der Waals surface area contributed by atoms with Crippen LogP contribution in [0.5, 0.6) is 5.88 Å². The molecule has 4 rings (SSSR count). The number of rotatable bonds is 1. The summed E-state index contributed by atoms with van der Waals surface area (Å²) >= 11 is 7.30. The van der Waals surface area contributed by atoms with Crippen molar-refractivity contribution in [2.45, 2.75) is 37.1 Å². The highest BCUT2D eigenvalue weighted by Gasteiger charge is 2.38. The summed E-state index contributed by atoms with van der Waals surface area (Å²) in [5, 5.41) is 0.833. The zero-order chi connectivity index (χ0) is 15.4. The Bertz CT molecular complexity index is 774. The molecule has 0 amide bonds. The number of thioether (sulfide) groups is 1. The first-order valence-corrected chi connectivity index (χ1v) is 8.74. The fourth-order valence-electron chi connectivity index (χ4n) is 3.26. The molecule has 5 nitrogen and oxygen atoms in total. The minimum Gasteiger partial charge on any atom is -0.472 e. The number of aromatic nitrogens is 3. The zero-order valence-corrected chi connectivity index (χ0v) is 13.7. The van der Waals surface area contributed by atoms with E-state index in [1.807, 2.05) is 13.2 Å². The van der Waals surface area contributed by atoms with Crippen LogP contribution in [0.4, 0.5) is 10.2 Å². The van der Waals surface area contributed by atoms with Crippen LogP contribution in [0.15, 0.2) is 5.16 Å². The lowest BCUT2D eigenvalue weighted by atomic mass is 10.1. The molecule has 22 heavy (non-hydrogen) atoms. The van der Waals surface area contributed by atoms with E-state index >= 15 is 0 Å². The molecule has 2 aromatic rings. The summed E-state index contributed by atoms with van der Waals surface area (Å²) < 4.78 is 20.4. The van der Waals surface area contributed by atoms with E-state index in [2.05, 4.69) is 19.9 Å². The summed E-state index contributed by atoms with van der Waals surface area (Å²) in [6, 6.07) is 0.212. The van der Waals surface area contributed by atoms with E-state index in [4.69, 9.17) is 16.3 Å². The van der Waals surface area contributed by atoms with Crippen LogP contribution in [-0.4, -0.2) is 39.9 Å². The average Bonchev–Trinajstić information content (AvgIpc) is 2.97. The second-order valence-corrected chi connectivity index (χ2v) is 6.64. The number of hydrogen-bond acceptors (Lipinski definition) is 6. The Kier molecular flexibility index (Phi) is 3.30. The van der Waals surface area contributed by atoms with Crippen molar-refractivity contribution in [1.29, 1.82) is 0 Å². The van der Waals surface area contributed by atoms with E-state index in [0.717, 1.165) is 19.4 Å². The van der Waals surface area contributed by atoms with Gasteiger partial charge in [0.1, 0.15) is 22.8 Å². The number of anilines is 1. The van der Waals surface area contributed by atoms with Crippen molar-refractivity contribution in [3.8, 4) is 5.88 Å². The maximum Gasteiger partial charge on any atom is 0.228 e. The Hall–Kier alpha value is -1.34. The Morgan fingerprint density at radius 2 is 2.18 bits per heavy atom. The molecule has 0 unspecified atom stereocenters. The summed E-state index contributed by atoms with van der Waals surface area (Å²) in [6.07, 6.45) is 3.89. The van der Waals surface area contributed by atoms with Gasteiger partial charge in [0.05, 0.1) is 6.04 Å². The molecule has 0 radical (unpaired) electrons. The number of halogens is 2. The fourth-order valence-corrected chi connectivity index (χ4v) is 3.79. The minimum absolute atomic E-state index is 0.0633. The monoisotopic (exact) mass is 340 g/mol. The van der Waals surface area contributed by atoms with Gasteiger partial charge in [0.2, 0.25) is 5.88 Å². The zero-order valence-electron chi connectivity index (χ0n) is 12.1. The van der Waals surface area contributed by atoms with Crippen molar-refractivity contribution in [3.05, 3.63) is 11.0 Å².